The van der Waals surface area contributed by atoms with E-state index in [0.29, 0.717) is 37.5 Å². The Labute approximate surface area is 176 Å². The van der Waals surface area contributed by atoms with Gasteiger partial charge < -0.3 is 10.2 Å². The minimum Gasteiger partial charge on any atom is -0.339 e. The maximum absolute atomic E-state index is 13.4. The van der Waals surface area contributed by atoms with Gasteiger partial charge in [-0.15, -0.1) is 0 Å². The van der Waals surface area contributed by atoms with Crippen molar-refractivity contribution in [3.05, 3.63) is 72.8 Å². The average molecular weight is 422 g/mol. The molecule has 2 aliphatic rings. The molecule has 3 aromatic carbocycles. The van der Waals surface area contributed by atoms with Crippen LogP contribution in [0.5, 0.6) is 0 Å². The highest BCUT2D eigenvalue weighted by Crippen LogP contribution is 2.38. The Morgan fingerprint density at radius 2 is 1.50 bits per heavy atom. The molecule has 2 aliphatic heterocycles. The molecule has 6 nitrogen and oxygen atoms in total. The third-order valence-electron chi connectivity index (χ3n) is 6.32. The van der Waals surface area contributed by atoms with Crippen molar-refractivity contribution in [2.24, 2.45) is 0 Å². The third-order valence-corrected chi connectivity index (χ3v) is 8.28. The maximum Gasteiger partial charge on any atom is 0.247 e. The highest BCUT2D eigenvalue weighted by atomic mass is 32.2. The van der Waals surface area contributed by atoms with Crippen LogP contribution in [-0.2, 0) is 14.8 Å². The fourth-order valence-electron chi connectivity index (χ4n) is 4.69. The molecule has 0 radical (unpaired) electrons. The van der Waals surface area contributed by atoms with Gasteiger partial charge in [-0.2, -0.15) is 4.31 Å². The monoisotopic (exact) mass is 421 g/mol. The number of piperidine rings is 1. The molecule has 1 amide bonds. The fourth-order valence-corrected chi connectivity index (χ4v) is 6.34. The zero-order valence-corrected chi connectivity index (χ0v) is 17.3. The minimum atomic E-state index is -3.65. The number of sulfonamides is 1. The van der Waals surface area contributed by atoms with Crippen molar-refractivity contribution in [3.63, 3.8) is 0 Å². The molecular formula is C23H23N3O3S. The molecule has 0 aromatic heterocycles. The van der Waals surface area contributed by atoms with Crippen LogP contribution < -0.4 is 10.2 Å². The van der Waals surface area contributed by atoms with Crippen LogP contribution in [0.4, 0.5) is 5.69 Å². The van der Waals surface area contributed by atoms with Gasteiger partial charge in [0, 0.05) is 24.2 Å². The molecule has 2 heterocycles. The molecular weight excluding hydrogens is 398 g/mol. The molecule has 0 unspecified atom stereocenters. The van der Waals surface area contributed by atoms with Crippen LogP contribution in [0.1, 0.15) is 12.8 Å². The second-order valence-corrected chi connectivity index (χ2v) is 9.75. The van der Waals surface area contributed by atoms with E-state index in [1.54, 1.807) is 12.1 Å². The first kappa shape index (κ1) is 19.1. The zero-order valence-electron chi connectivity index (χ0n) is 16.5. The number of carbonyl (C=O) groups excluding carboxylic acids is 1. The van der Waals surface area contributed by atoms with E-state index in [9.17, 15) is 13.2 Å². The van der Waals surface area contributed by atoms with Crippen LogP contribution in [0.15, 0.2) is 77.7 Å². The average Bonchev–Trinajstić information content (AvgIpc) is 3.09. The van der Waals surface area contributed by atoms with Crippen molar-refractivity contribution in [2.45, 2.75) is 23.3 Å². The Balaban J connectivity index is 1.44. The number of carbonyl (C=O) groups is 1. The summed E-state index contributed by atoms with van der Waals surface area (Å²) < 4.78 is 28.4. The number of hydrogen-bond donors (Lipinski definition) is 1. The normalized spacial score (nSPS) is 19.3. The van der Waals surface area contributed by atoms with Gasteiger partial charge in [0.05, 0.1) is 11.6 Å². The summed E-state index contributed by atoms with van der Waals surface area (Å²) >= 11 is 0. The molecule has 3 aromatic rings. The van der Waals surface area contributed by atoms with Gasteiger partial charge in [-0.3, -0.25) is 4.79 Å². The molecule has 0 atom stereocenters. The van der Waals surface area contributed by atoms with Crippen molar-refractivity contribution in [2.75, 3.05) is 24.7 Å². The molecule has 0 bridgehead atoms. The Kier molecular flexibility index (Phi) is 4.52. The molecule has 2 fully saturated rings. The molecule has 30 heavy (non-hydrogen) atoms. The summed E-state index contributed by atoms with van der Waals surface area (Å²) in [5, 5.41) is 4.58. The molecule has 5 rings (SSSR count). The topological polar surface area (TPSA) is 69.7 Å². The summed E-state index contributed by atoms with van der Waals surface area (Å²) in [5.74, 6) is -0.0199. The number of nitrogens with one attached hydrogen (secondary N) is 1. The van der Waals surface area contributed by atoms with Crippen molar-refractivity contribution >= 4 is 32.4 Å². The number of para-hydroxylation sites is 1. The highest BCUT2D eigenvalue weighted by molar-refractivity contribution is 7.89. The van der Waals surface area contributed by atoms with E-state index < -0.39 is 15.6 Å². The lowest BCUT2D eigenvalue weighted by molar-refractivity contribution is -0.124. The van der Waals surface area contributed by atoms with Gasteiger partial charge in [0.2, 0.25) is 15.9 Å². The lowest BCUT2D eigenvalue weighted by Crippen LogP contribution is -2.57. The van der Waals surface area contributed by atoms with E-state index in [-0.39, 0.29) is 5.91 Å². The Morgan fingerprint density at radius 1 is 0.833 bits per heavy atom. The lowest BCUT2D eigenvalue weighted by Gasteiger charge is -2.42. The third kappa shape index (κ3) is 2.88. The fraction of sp³-hybridized carbons (Fsp3) is 0.261. The van der Waals surface area contributed by atoms with E-state index in [4.69, 9.17) is 0 Å². The first-order valence-corrected chi connectivity index (χ1v) is 11.6. The van der Waals surface area contributed by atoms with Crippen LogP contribution in [0.3, 0.4) is 0 Å². The number of hydrogen-bond acceptors (Lipinski definition) is 4. The molecule has 7 heteroatoms. The van der Waals surface area contributed by atoms with Crippen LogP contribution >= 0.6 is 0 Å². The lowest BCUT2D eigenvalue weighted by atomic mass is 9.86. The number of nitrogens with zero attached hydrogens (tertiary/aromatic N) is 2. The van der Waals surface area contributed by atoms with Crippen LogP contribution in [0, 0.1) is 0 Å². The molecule has 1 N–H and O–H groups in total. The van der Waals surface area contributed by atoms with Gasteiger partial charge in [-0.25, -0.2) is 8.42 Å². The van der Waals surface area contributed by atoms with Gasteiger partial charge in [-0.1, -0.05) is 54.6 Å². The van der Waals surface area contributed by atoms with Gasteiger partial charge in [0.1, 0.15) is 5.54 Å². The first-order valence-electron chi connectivity index (χ1n) is 10.1. The summed E-state index contributed by atoms with van der Waals surface area (Å²) in [4.78, 5) is 15.2. The second-order valence-electron chi connectivity index (χ2n) is 7.84. The predicted octanol–water partition coefficient (Wildman–Crippen LogP) is 2.96. The molecule has 154 valence electrons. The van der Waals surface area contributed by atoms with Gasteiger partial charge in [-0.05, 0) is 36.4 Å². The van der Waals surface area contributed by atoms with Gasteiger partial charge >= 0.3 is 0 Å². The SMILES string of the molecule is O=C1NCN(c2ccccc2)C12CCN(S(=O)(=O)c1cccc3ccccc13)CC2. The number of benzene rings is 3. The summed E-state index contributed by atoms with van der Waals surface area (Å²) in [5.41, 5.74) is 0.271. The Hall–Kier alpha value is -2.90. The number of rotatable bonds is 3. The predicted molar refractivity (Wildman–Crippen MR) is 117 cm³/mol. The standard InChI is InChI=1S/C23H23N3O3S/c27-22-23(26(17-24-22)19-9-2-1-3-10-19)13-15-25(16-14-23)30(28,29)21-12-6-8-18-7-4-5-11-20(18)21/h1-12H,13-17H2,(H,24,27). The summed E-state index contributed by atoms with van der Waals surface area (Å²) in [6.45, 7) is 1.06. The van der Waals surface area contributed by atoms with Crippen LogP contribution in [0.2, 0.25) is 0 Å². The first-order chi connectivity index (χ1) is 14.5. The molecule has 0 saturated carbocycles. The van der Waals surface area contributed by atoms with E-state index in [1.165, 1.54) is 4.31 Å². The van der Waals surface area contributed by atoms with Crippen LogP contribution in [-0.4, -0.2) is 43.9 Å². The minimum absolute atomic E-state index is 0.0199. The van der Waals surface area contributed by atoms with Crippen molar-refractivity contribution in [3.8, 4) is 0 Å². The summed E-state index contributed by atoms with van der Waals surface area (Å²) in [7, 11) is -3.65. The number of anilines is 1. The van der Waals surface area contributed by atoms with Gasteiger partial charge in [0.15, 0.2) is 0 Å². The van der Waals surface area contributed by atoms with Crippen LogP contribution in [0.25, 0.3) is 10.8 Å². The summed E-state index contributed by atoms with van der Waals surface area (Å²) in [6.07, 6.45) is 0.912. The maximum atomic E-state index is 13.4. The quantitative estimate of drug-likeness (QED) is 0.706. The second kappa shape index (κ2) is 7.11. The van der Waals surface area contributed by atoms with Gasteiger partial charge in [0.25, 0.3) is 0 Å². The Morgan fingerprint density at radius 3 is 2.27 bits per heavy atom. The van der Waals surface area contributed by atoms with Crippen molar-refractivity contribution in [1.82, 2.24) is 9.62 Å². The number of amides is 1. The smallest absolute Gasteiger partial charge is 0.247 e. The Bertz CT molecular complexity index is 1200. The molecule has 0 aliphatic carbocycles. The van der Waals surface area contributed by atoms with E-state index in [2.05, 4.69) is 10.2 Å². The summed E-state index contributed by atoms with van der Waals surface area (Å²) in [6, 6.07) is 22.7. The van der Waals surface area contributed by atoms with E-state index in [0.717, 1.165) is 16.5 Å². The zero-order chi connectivity index (χ0) is 20.8. The number of fused-ring (bicyclic) bond motifs is 1. The van der Waals surface area contributed by atoms with Crippen molar-refractivity contribution < 1.29 is 13.2 Å². The molecule has 1 spiro atoms. The van der Waals surface area contributed by atoms with Crippen molar-refractivity contribution in [1.29, 1.82) is 0 Å². The molecule has 2 saturated heterocycles. The van der Waals surface area contributed by atoms with E-state index >= 15 is 0 Å². The highest BCUT2D eigenvalue weighted by Gasteiger charge is 2.51. The van der Waals surface area contributed by atoms with E-state index in [1.807, 2.05) is 60.7 Å². The largest absolute Gasteiger partial charge is 0.339 e.